The van der Waals surface area contributed by atoms with E-state index in [2.05, 4.69) is 20.9 Å². The Balaban J connectivity index is 2.00. The van der Waals surface area contributed by atoms with E-state index < -0.39 is 10.8 Å². The van der Waals surface area contributed by atoms with Crippen molar-refractivity contribution in [3.8, 4) is 0 Å². The van der Waals surface area contributed by atoms with Crippen molar-refractivity contribution in [3.63, 3.8) is 0 Å². The number of carbonyl (C=O) groups is 1. The molecule has 8 heteroatoms. The topological polar surface area (TPSA) is 102 Å². The summed E-state index contributed by atoms with van der Waals surface area (Å²) in [5.41, 5.74) is 7.39. The van der Waals surface area contributed by atoms with Crippen molar-refractivity contribution in [2.45, 2.75) is 13.1 Å². The van der Waals surface area contributed by atoms with Crippen LogP contribution in [-0.4, -0.2) is 15.8 Å². The number of anilines is 1. The number of primary amides is 1. The third kappa shape index (κ3) is 2.52. The van der Waals surface area contributed by atoms with E-state index >= 15 is 0 Å². The minimum Gasteiger partial charge on any atom is -0.365 e. The number of hydrogen-bond donors (Lipinski definition) is 1. The highest BCUT2D eigenvalue weighted by molar-refractivity contribution is 9.10. The lowest BCUT2D eigenvalue weighted by Crippen LogP contribution is -2.22. The second-order valence-electron chi connectivity index (χ2n) is 4.96. The minimum absolute atomic E-state index is 0.0565. The molecule has 7 nitrogen and oxygen atoms in total. The van der Waals surface area contributed by atoms with Crippen molar-refractivity contribution in [3.05, 3.63) is 61.7 Å². The Morgan fingerprint density at radius 2 is 2.05 bits per heavy atom. The highest BCUT2D eigenvalue weighted by Gasteiger charge is 2.25. The van der Waals surface area contributed by atoms with Gasteiger partial charge in [-0.25, -0.2) is 4.98 Å². The van der Waals surface area contributed by atoms with E-state index in [0.29, 0.717) is 18.9 Å². The van der Waals surface area contributed by atoms with E-state index in [4.69, 9.17) is 5.73 Å². The molecule has 3 rings (SSSR count). The van der Waals surface area contributed by atoms with E-state index in [-0.39, 0.29) is 11.3 Å². The first kappa shape index (κ1) is 14.5. The summed E-state index contributed by atoms with van der Waals surface area (Å²) in [5.74, 6) is -0.367. The summed E-state index contributed by atoms with van der Waals surface area (Å²) >= 11 is 3.42. The molecule has 0 bridgehead atoms. The number of halogens is 1. The minimum atomic E-state index is -0.733. The first-order valence-corrected chi connectivity index (χ1v) is 7.21. The molecule has 1 aromatic heterocycles. The first-order chi connectivity index (χ1) is 10.5. The lowest BCUT2D eigenvalue weighted by atomic mass is 10.1. The van der Waals surface area contributed by atoms with Crippen LogP contribution in [0.1, 0.15) is 21.5 Å². The van der Waals surface area contributed by atoms with Crippen molar-refractivity contribution < 1.29 is 9.72 Å². The highest BCUT2D eigenvalue weighted by Crippen LogP contribution is 2.31. The molecule has 1 amide bonds. The van der Waals surface area contributed by atoms with Crippen LogP contribution in [0.4, 0.5) is 11.5 Å². The maximum Gasteiger partial charge on any atom is 0.288 e. The van der Waals surface area contributed by atoms with E-state index in [0.717, 1.165) is 21.8 Å². The quantitative estimate of drug-likeness (QED) is 0.666. The molecular weight excluding hydrogens is 352 g/mol. The zero-order valence-corrected chi connectivity index (χ0v) is 12.9. The van der Waals surface area contributed by atoms with Gasteiger partial charge in [0.2, 0.25) is 0 Å². The monoisotopic (exact) mass is 362 g/mol. The second kappa shape index (κ2) is 5.38. The number of nitrogens with zero attached hydrogens (tertiary/aromatic N) is 3. The number of amides is 1. The summed E-state index contributed by atoms with van der Waals surface area (Å²) in [6.07, 6.45) is 1.14. The summed E-state index contributed by atoms with van der Waals surface area (Å²) < 4.78 is 0.972. The molecule has 0 saturated carbocycles. The molecule has 2 aromatic rings. The summed E-state index contributed by atoms with van der Waals surface area (Å²) in [5, 5.41) is 10.8. The van der Waals surface area contributed by atoms with Gasteiger partial charge in [0.05, 0.1) is 10.5 Å². The van der Waals surface area contributed by atoms with Crippen LogP contribution in [0.5, 0.6) is 0 Å². The number of fused-ring (bicyclic) bond motifs is 1. The fraction of sp³-hybridized carbons (Fsp3) is 0.143. The number of benzene rings is 1. The molecule has 1 aromatic carbocycles. The van der Waals surface area contributed by atoms with Crippen molar-refractivity contribution in [1.82, 2.24) is 4.98 Å². The average molecular weight is 363 g/mol. The number of nitro groups is 1. The Labute approximate surface area is 134 Å². The number of rotatable bonds is 3. The Hall–Kier alpha value is -2.48. The molecule has 0 radical (unpaired) electrons. The SMILES string of the molecule is NC(=O)c1cc([N+](=O)[O-])cnc1N1Cc2ccc(Br)cc2C1. The van der Waals surface area contributed by atoms with Crippen LogP contribution in [-0.2, 0) is 13.1 Å². The zero-order chi connectivity index (χ0) is 15.9. The number of hydrogen-bond acceptors (Lipinski definition) is 5. The van der Waals surface area contributed by atoms with Gasteiger partial charge in [0.1, 0.15) is 12.0 Å². The van der Waals surface area contributed by atoms with E-state index in [9.17, 15) is 14.9 Å². The molecule has 0 atom stereocenters. The lowest BCUT2D eigenvalue weighted by molar-refractivity contribution is -0.385. The van der Waals surface area contributed by atoms with Gasteiger partial charge in [-0.05, 0) is 23.3 Å². The summed E-state index contributed by atoms with van der Waals surface area (Å²) in [7, 11) is 0. The molecule has 0 aliphatic carbocycles. The van der Waals surface area contributed by atoms with Gasteiger partial charge in [-0.2, -0.15) is 0 Å². The van der Waals surface area contributed by atoms with Gasteiger partial charge < -0.3 is 10.6 Å². The average Bonchev–Trinajstić information content (AvgIpc) is 2.89. The third-order valence-electron chi connectivity index (χ3n) is 3.52. The molecule has 1 aliphatic rings. The summed E-state index contributed by atoms with van der Waals surface area (Å²) in [6, 6.07) is 7.11. The Morgan fingerprint density at radius 1 is 1.32 bits per heavy atom. The van der Waals surface area contributed by atoms with Gasteiger partial charge in [0.25, 0.3) is 11.6 Å². The standard InChI is InChI=1S/C14H11BrN4O3/c15-10-2-1-8-6-18(7-9(8)3-10)14-12(13(16)20)4-11(5-17-14)19(21)22/h1-5H,6-7H2,(H2,16,20). The molecule has 1 aliphatic heterocycles. The van der Waals surface area contributed by atoms with Crippen molar-refractivity contribution >= 4 is 33.3 Å². The van der Waals surface area contributed by atoms with Gasteiger partial charge in [-0.15, -0.1) is 0 Å². The maximum absolute atomic E-state index is 11.6. The van der Waals surface area contributed by atoms with E-state index in [1.165, 1.54) is 6.07 Å². The maximum atomic E-state index is 11.6. The van der Waals surface area contributed by atoms with E-state index in [1.54, 1.807) is 0 Å². The normalized spacial score (nSPS) is 13.0. The van der Waals surface area contributed by atoms with Crippen LogP contribution >= 0.6 is 15.9 Å². The number of nitrogens with two attached hydrogens (primary N) is 1. The molecule has 22 heavy (non-hydrogen) atoms. The van der Waals surface area contributed by atoms with Gasteiger partial charge in [-0.1, -0.05) is 22.0 Å². The summed E-state index contributed by atoms with van der Waals surface area (Å²) in [4.78, 5) is 27.8. The van der Waals surface area contributed by atoms with Crippen LogP contribution in [0.15, 0.2) is 34.9 Å². The van der Waals surface area contributed by atoms with Crippen LogP contribution in [0.3, 0.4) is 0 Å². The fourth-order valence-electron chi connectivity index (χ4n) is 2.49. The third-order valence-corrected chi connectivity index (χ3v) is 4.01. The number of carbonyl (C=O) groups excluding carboxylic acids is 1. The predicted molar refractivity (Wildman–Crippen MR) is 83.4 cm³/mol. The smallest absolute Gasteiger partial charge is 0.288 e. The lowest BCUT2D eigenvalue weighted by Gasteiger charge is -2.18. The van der Waals surface area contributed by atoms with Gasteiger partial charge in [0.15, 0.2) is 0 Å². The molecule has 112 valence electrons. The number of aromatic nitrogens is 1. The Morgan fingerprint density at radius 3 is 2.73 bits per heavy atom. The largest absolute Gasteiger partial charge is 0.365 e. The molecule has 0 saturated heterocycles. The van der Waals surface area contributed by atoms with Crippen molar-refractivity contribution in [2.75, 3.05) is 4.90 Å². The van der Waals surface area contributed by atoms with Crippen LogP contribution < -0.4 is 10.6 Å². The zero-order valence-electron chi connectivity index (χ0n) is 11.3. The molecule has 2 heterocycles. The first-order valence-electron chi connectivity index (χ1n) is 6.42. The number of pyridine rings is 1. The molecule has 0 unspecified atom stereocenters. The van der Waals surface area contributed by atoms with Gasteiger partial charge in [-0.3, -0.25) is 14.9 Å². The Bertz CT molecular complexity index is 794. The van der Waals surface area contributed by atoms with Crippen molar-refractivity contribution in [1.29, 1.82) is 0 Å². The molecular formula is C14H11BrN4O3. The fourth-order valence-corrected chi connectivity index (χ4v) is 2.90. The van der Waals surface area contributed by atoms with Crippen molar-refractivity contribution in [2.24, 2.45) is 5.73 Å². The van der Waals surface area contributed by atoms with E-state index in [1.807, 2.05) is 23.1 Å². The molecule has 0 fully saturated rings. The van der Waals surface area contributed by atoms with Crippen LogP contribution in [0.25, 0.3) is 0 Å². The van der Waals surface area contributed by atoms with Crippen LogP contribution in [0.2, 0.25) is 0 Å². The van der Waals surface area contributed by atoms with Crippen LogP contribution in [0, 0.1) is 10.1 Å². The molecule has 2 N–H and O–H groups in total. The molecule has 0 spiro atoms. The van der Waals surface area contributed by atoms with Gasteiger partial charge in [0, 0.05) is 23.6 Å². The Kier molecular flexibility index (Phi) is 3.53. The predicted octanol–water partition coefficient (Wildman–Crippen LogP) is 2.37. The van der Waals surface area contributed by atoms with Gasteiger partial charge >= 0.3 is 0 Å². The highest BCUT2D eigenvalue weighted by atomic mass is 79.9. The summed E-state index contributed by atoms with van der Waals surface area (Å²) in [6.45, 7) is 1.15. The second-order valence-corrected chi connectivity index (χ2v) is 5.87.